The van der Waals surface area contributed by atoms with Crippen molar-refractivity contribution in [3.8, 4) is 0 Å². The number of sulfone groups is 1. The first kappa shape index (κ1) is 13.8. The Bertz CT molecular complexity index is 646. The predicted octanol–water partition coefficient (Wildman–Crippen LogP) is 0.179. The summed E-state index contributed by atoms with van der Waals surface area (Å²) >= 11 is 0. The molecule has 0 spiro atoms. The van der Waals surface area contributed by atoms with Crippen LogP contribution in [0, 0.1) is 0 Å². The monoisotopic (exact) mass is 293 g/mol. The van der Waals surface area contributed by atoms with Gasteiger partial charge in [0.05, 0.1) is 4.90 Å². The standard InChI is InChI=1S/C14H19N3O2S/c15-8-11-1-2-14-13(7-11)12(10-20(14,18)19)9-17-5-3-16-4-6-17/h1-2,7,10,16H,3-6,8-9,15H2. The maximum absolute atomic E-state index is 12.2. The third kappa shape index (κ3) is 2.52. The molecule has 5 nitrogen and oxygen atoms in total. The minimum atomic E-state index is -3.28. The lowest BCUT2D eigenvalue weighted by Crippen LogP contribution is -2.43. The predicted molar refractivity (Wildman–Crippen MR) is 78.8 cm³/mol. The lowest BCUT2D eigenvalue weighted by molar-refractivity contribution is 0.268. The Morgan fingerprint density at radius 1 is 1.25 bits per heavy atom. The number of hydrogen-bond acceptors (Lipinski definition) is 5. The molecule has 0 bridgehead atoms. The van der Waals surface area contributed by atoms with Gasteiger partial charge >= 0.3 is 0 Å². The maximum Gasteiger partial charge on any atom is 0.200 e. The molecule has 2 aliphatic heterocycles. The Morgan fingerprint density at radius 2 is 2.00 bits per heavy atom. The topological polar surface area (TPSA) is 75.4 Å². The molecule has 0 radical (unpaired) electrons. The molecule has 2 aliphatic rings. The van der Waals surface area contributed by atoms with Crippen molar-refractivity contribution in [3.63, 3.8) is 0 Å². The normalized spacial score (nSPS) is 21.6. The van der Waals surface area contributed by atoms with Crippen LogP contribution in [0.25, 0.3) is 5.57 Å². The zero-order valence-corrected chi connectivity index (χ0v) is 12.1. The second kappa shape index (κ2) is 5.29. The van der Waals surface area contributed by atoms with E-state index >= 15 is 0 Å². The first-order valence-corrected chi connectivity index (χ1v) is 8.37. The molecule has 1 saturated heterocycles. The van der Waals surface area contributed by atoms with Crippen LogP contribution in [0.3, 0.4) is 0 Å². The summed E-state index contributed by atoms with van der Waals surface area (Å²) in [4.78, 5) is 2.70. The Balaban J connectivity index is 1.93. The maximum atomic E-state index is 12.2. The van der Waals surface area contributed by atoms with E-state index in [4.69, 9.17) is 5.73 Å². The molecule has 1 aromatic carbocycles. The Labute approximate surface area is 119 Å². The van der Waals surface area contributed by atoms with Crippen molar-refractivity contribution in [2.75, 3.05) is 32.7 Å². The molecule has 1 aromatic rings. The van der Waals surface area contributed by atoms with Crippen LogP contribution in [0.2, 0.25) is 0 Å². The van der Waals surface area contributed by atoms with E-state index in [0.29, 0.717) is 18.0 Å². The second-order valence-corrected chi connectivity index (χ2v) is 7.01. The van der Waals surface area contributed by atoms with Gasteiger partial charge in [-0.1, -0.05) is 6.07 Å². The molecular weight excluding hydrogens is 274 g/mol. The number of rotatable bonds is 3. The Morgan fingerprint density at radius 3 is 2.70 bits per heavy atom. The van der Waals surface area contributed by atoms with Gasteiger partial charge in [-0.25, -0.2) is 8.42 Å². The smallest absolute Gasteiger partial charge is 0.200 e. The molecule has 20 heavy (non-hydrogen) atoms. The zero-order valence-electron chi connectivity index (χ0n) is 11.3. The highest BCUT2D eigenvalue weighted by Crippen LogP contribution is 2.34. The SMILES string of the molecule is NCc1ccc2c(c1)C(CN1CCNCC1)=CS2(=O)=O. The fraction of sp³-hybridized carbons (Fsp3) is 0.429. The van der Waals surface area contributed by atoms with Crippen molar-refractivity contribution in [3.05, 3.63) is 34.7 Å². The van der Waals surface area contributed by atoms with Crippen molar-refractivity contribution < 1.29 is 8.42 Å². The fourth-order valence-electron chi connectivity index (χ4n) is 2.75. The van der Waals surface area contributed by atoms with Gasteiger partial charge in [0.2, 0.25) is 9.84 Å². The van der Waals surface area contributed by atoms with Crippen LogP contribution in [0.1, 0.15) is 11.1 Å². The van der Waals surface area contributed by atoms with E-state index in [2.05, 4.69) is 10.2 Å². The van der Waals surface area contributed by atoms with Crippen molar-refractivity contribution in [2.24, 2.45) is 5.73 Å². The van der Waals surface area contributed by atoms with E-state index in [1.807, 2.05) is 6.07 Å². The van der Waals surface area contributed by atoms with Crippen LogP contribution >= 0.6 is 0 Å². The highest BCUT2D eigenvalue weighted by atomic mass is 32.2. The van der Waals surface area contributed by atoms with Crippen molar-refractivity contribution >= 4 is 15.4 Å². The van der Waals surface area contributed by atoms with E-state index < -0.39 is 9.84 Å². The number of nitrogens with zero attached hydrogens (tertiary/aromatic N) is 1. The molecule has 0 aliphatic carbocycles. The first-order chi connectivity index (χ1) is 9.60. The summed E-state index contributed by atoms with van der Waals surface area (Å²) < 4.78 is 24.3. The molecule has 0 aromatic heterocycles. The summed E-state index contributed by atoms with van der Waals surface area (Å²) in [5.74, 6) is 0. The van der Waals surface area contributed by atoms with E-state index in [9.17, 15) is 8.42 Å². The van der Waals surface area contributed by atoms with Crippen LogP contribution in [-0.4, -0.2) is 46.0 Å². The van der Waals surface area contributed by atoms with Gasteiger partial charge in [-0.05, 0) is 28.8 Å². The molecule has 3 rings (SSSR count). The van der Waals surface area contributed by atoms with Crippen LogP contribution < -0.4 is 11.1 Å². The van der Waals surface area contributed by atoms with Gasteiger partial charge in [0, 0.05) is 44.7 Å². The van der Waals surface area contributed by atoms with Crippen LogP contribution in [0.15, 0.2) is 28.5 Å². The summed E-state index contributed by atoms with van der Waals surface area (Å²) in [6.07, 6.45) is 0. The Hall–Kier alpha value is -1.21. The third-order valence-electron chi connectivity index (χ3n) is 3.83. The van der Waals surface area contributed by atoms with Crippen molar-refractivity contribution in [1.29, 1.82) is 0 Å². The number of hydrogen-bond donors (Lipinski definition) is 2. The molecule has 0 amide bonds. The molecule has 108 valence electrons. The van der Waals surface area contributed by atoms with Gasteiger partial charge < -0.3 is 11.1 Å². The molecule has 2 heterocycles. The van der Waals surface area contributed by atoms with E-state index in [0.717, 1.165) is 42.9 Å². The summed E-state index contributed by atoms with van der Waals surface area (Å²) in [6.45, 7) is 4.91. The number of fused-ring (bicyclic) bond motifs is 1. The molecule has 3 N–H and O–H groups in total. The minimum Gasteiger partial charge on any atom is -0.326 e. The molecule has 6 heteroatoms. The molecule has 0 atom stereocenters. The number of piperazine rings is 1. The Kier molecular flexibility index (Phi) is 3.64. The summed E-state index contributed by atoms with van der Waals surface area (Å²) in [5.41, 5.74) is 8.33. The highest BCUT2D eigenvalue weighted by molar-refractivity contribution is 7.95. The van der Waals surface area contributed by atoms with Crippen LogP contribution in [0.4, 0.5) is 0 Å². The van der Waals surface area contributed by atoms with E-state index in [-0.39, 0.29) is 0 Å². The highest BCUT2D eigenvalue weighted by Gasteiger charge is 2.28. The number of nitrogens with two attached hydrogens (primary N) is 1. The van der Waals surface area contributed by atoms with Crippen LogP contribution in [-0.2, 0) is 16.4 Å². The summed E-state index contributed by atoms with van der Waals surface area (Å²) in [5, 5.41) is 4.71. The van der Waals surface area contributed by atoms with Gasteiger partial charge in [-0.2, -0.15) is 0 Å². The molecular formula is C14H19N3O2S. The molecule has 0 unspecified atom stereocenters. The van der Waals surface area contributed by atoms with Gasteiger partial charge in [0.15, 0.2) is 0 Å². The van der Waals surface area contributed by atoms with E-state index in [1.54, 1.807) is 12.1 Å². The first-order valence-electron chi connectivity index (χ1n) is 6.82. The largest absolute Gasteiger partial charge is 0.326 e. The summed E-state index contributed by atoms with van der Waals surface area (Å²) in [7, 11) is -3.28. The van der Waals surface area contributed by atoms with E-state index in [1.165, 1.54) is 5.41 Å². The van der Waals surface area contributed by atoms with Crippen LogP contribution in [0.5, 0.6) is 0 Å². The average molecular weight is 293 g/mol. The quantitative estimate of drug-likeness (QED) is 0.831. The van der Waals surface area contributed by atoms with Gasteiger partial charge in [0.25, 0.3) is 0 Å². The van der Waals surface area contributed by atoms with Gasteiger partial charge in [-0.3, -0.25) is 4.90 Å². The van der Waals surface area contributed by atoms with Gasteiger partial charge in [-0.15, -0.1) is 0 Å². The third-order valence-corrected chi connectivity index (χ3v) is 5.40. The van der Waals surface area contributed by atoms with Crippen molar-refractivity contribution in [2.45, 2.75) is 11.4 Å². The van der Waals surface area contributed by atoms with Gasteiger partial charge in [0.1, 0.15) is 0 Å². The molecule has 1 fully saturated rings. The fourth-order valence-corrected chi connectivity index (χ4v) is 4.21. The minimum absolute atomic E-state index is 0.417. The zero-order chi connectivity index (χ0) is 14.2. The number of benzene rings is 1. The lowest BCUT2D eigenvalue weighted by atomic mass is 10.0. The average Bonchev–Trinajstić information content (AvgIpc) is 2.71. The second-order valence-electron chi connectivity index (χ2n) is 5.25. The lowest BCUT2D eigenvalue weighted by Gasteiger charge is -2.27. The number of nitrogens with one attached hydrogen (secondary N) is 1. The molecule has 0 saturated carbocycles. The summed E-state index contributed by atoms with van der Waals surface area (Å²) in [6, 6.07) is 5.38. The van der Waals surface area contributed by atoms with Crippen molar-refractivity contribution in [1.82, 2.24) is 10.2 Å².